The number of carbonyl (C=O) groups excluding carboxylic acids is 1. The molecule has 3 aromatic rings. The van der Waals surface area contributed by atoms with Gasteiger partial charge in [-0.05, 0) is 51.3 Å². The zero-order valence-corrected chi connectivity index (χ0v) is 20.1. The van der Waals surface area contributed by atoms with Gasteiger partial charge < -0.3 is 14.9 Å². The second-order valence-corrected chi connectivity index (χ2v) is 9.30. The van der Waals surface area contributed by atoms with Gasteiger partial charge >= 0.3 is 5.69 Å². The first kappa shape index (κ1) is 23.8. The molecule has 3 aromatic heterocycles. The average molecular weight is 465 g/mol. The largest absolute Gasteiger partial charge is 0.386 e. The quantitative estimate of drug-likeness (QED) is 0.571. The molecule has 4 heterocycles. The summed E-state index contributed by atoms with van der Waals surface area (Å²) in [5, 5.41) is 12.3. The summed E-state index contributed by atoms with van der Waals surface area (Å²) >= 11 is 0. The van der Waals surface area contributed by atoms with E-state index in [1.54, 1.807) is 42.0 Å². The van der Waals surface area contributed by atoms with Crippen LogP contribution in [0.4, 0.5) is 5.69 Å². The molecule has 1 fully saturated rings. The summed E-state index contributed by atoms with van der Waals surface area (Å²) < 4.78 is 1.60. The number of amides is 1. The number of hydrogen-bond donors (Lipinski definition) is 1. The second kappa shape index (κ2) is 9.89. The Balaban J connectivity index is 1.36. The molecule has 0 bridgehead atoms. The molecule has 0 aliphatic carbocycles. The Morgan fingerprint density at radius 1 is 1.26 bits per heavy atom. The second-order valence-electron chi connectivity index (χ2n) is 9.30. The van der Waals surface area contributed by atoms with E-state index in [1.807, 2.05) is 25.1 Å². The van der Waals surface area contributed by atoms with E-state index in [2.05, 4.69) is 19.9 Å². The molecule has 0 aromatic carbocycles. The fourth-order valence-corrected chi connectivity index (χ4v) is 4.85. The summed E-state index contributed by atoms with van der Waals surface area (Å²) in [7, 11) is 1.73. The highest BCUT2D eigenvalue weighted by Gasteiger charge is 2.36. The van der Waals surface area contributed by atoms with Crippen molar-refractivity contribution in [2.24, 2.45) is 0 Å². The van der Waals surface area contributed by atoms with Crippen molar-refractivity contribution in [1.29, 1.82) is 0 Å². The summed E-state index contributed by atoms with van der Waals surface area (Å²) in [6.07, 6.45) is 7.59. The maximum atomic E-state index is 12.8. The number of piperidine rings is 1. The Bertz CT molecular complexity index is 1240. The van der Waals surface area contributed by atoms with Gasteiger partial charge in [-0.3, -0.25) is 19.3 Å². The molecule has 1 aliphatic rings. The fraction of sp³-hybridized carbons (Fsp3) is 0.480. The van der Waals surface area contributed by atoms with Crippen molar-refractivity contribution in [2.75, 3.05) is 31.6 Å². The summed E-state index contributed by atoms with van der Waals surface area (Å²) in [5.74, 6) is -0.0464. The third-order valence-electron chi connectivity index (χ3n) is 6.49. The minimum atomic E-state index is -1.01. The number of aromatic nitrogens is 4. The minimum absolute atomic E-state index is 0.0464. The van der Waals surface area contributed by atoms with Gasteiger partial charge in [0.05, 0.1) is 17.7 Å². The van der Waals surface area contributed by atoms with Gasteiger partial charge in [0.15, 0.2) is 0 Å². The van der Waals surface area contributed by atoms with Crippen LogP contribution in [0, 0.1) is 13.8 Å². The van der Waals surface area contributed by atoms with Crippen LogP contribution in [0.3, 0.4) is 0 Å². The third kappa shape index (κ3) is 5.25. The van der Waals surface area contributed by atoms with E-state index in [0.29, 0.717) is 38.0 Å². The van der Waals surface area contributed by atoms with Crippen molar-refractivity contribution >= 4 is 22.5 Å². The third-order valence-corrected chi connectivity index (χ3v) is 6.49. The SMILES string of the molecule is Cc1cc(C)n(CCCC(=O)N(C)CC2(O)CCCN(c3ccnc4ccncc34)C2)c(=O)n1. The first-order valence-corrected chi connectivity index (χ1v) is 11.7. The van der Waals surface area contributed by atoms with Gasteiger partial charge in [-0.25, -0.2) is 4.79 Å². The molecule has 1 amide bonds. The highest BCUT2D eigenvalue weighted by molar-refractivity contribution is 5.90. The molecule has 1 atom stereocenters. The van der Waals surface area contributed by atoms with E-state index >= 15 is 0 Å². The average Bonchev–Trinajstić information content (AvgIpc) is 2.80. The standard InChI is InChI=1S/C25H32N6O3/c1-18-14-19(2)31(24(33)28-18)13-4-6-23(32)29(3)16-25(34)9-5-12-30(17-25)22-8-11-27-21-7-10-26-15-20(21)22/h7-8,10-11,14-15,34H,4-6,9,12-13,16-17H2,1-3H3. The van der Waals surface area contributed by atoms with E-state index in [9.17, 15) is 14.7 Å². The van der Waals surface area contributed by atoms with E-state index in [0.717, 1.165) is 35.2 Å². The summed E-state index contributed by atoms with van der Waals surface area (Å²) in [5.41, 5.74) is 2.11. The number of aliphatic hydroxyl groups is 1. The predicted octanol–water partition coefficient (Wildman–Crippen LogP) is 2.07. The Morgan fingerprint density at radius 2 is 2.09 bits per heavy atom. The summed E-state index contributed by atoms with van der Waals surface area (Å²) in [6, 6.07) is 5.69. The predicted molar refractivity (Wildman–Crippen MR) is 131 cm³/mol. The van der Waals surface area contributed by atoms with Crippen LogP contribution in [0.25, 0.3) is 10.9 Å². The van der Waals surface area contributed by atoms with E-state index in [-0.39, 0.29) is 18.1 Å². The zero-order valence-electron chi connectivity index (χ0n) is 20.1. The molecular formula is C25H32N6O3. The first-order valence-electron chi connectivity index (χ1n) is 11.7. The lowest BCUT2D eigenvalue weighted by Gasteiger charge is -2.42. The number of hydrogen-bond acceptors (Lipinski definition) is 7. The summed E-state index contributed by atoms with van der Waals surface area (Å²) in [4.78, 5) is 41.3. The molecule has 1 aliphatic heterocycles. The van der Waals surface area contributed by atoms with Crippen LogP contribution in [0.1, 0.15) is 37.1 Å². The molecule has 1 saturated heterocycles. The number of aryl methyl sites for hydroxylation is 2. The van der Waals surface area contributed by atoms with E-state index in [1.165, 1.54) is 0 Å². The lowest BCUT2D eigenvalue weighted by Crippen LogP contribution is -2.54. The van der Waals surface area contributed by atoms with Crippen LogP contribution >= 0.6 is 0 Å². The number of anilines is 1. The van der Waals surface area contributed by atoms with Gasteiger partial charge in [-0.1, -0.05) is 0 Å². The van der Waals surface area contributed by atoms with Gasteiger partial charge in [-0.15, -0.1) is 0 Å². The van der Waals surface area contributed by atoms with E-state index < -0.39 is 5.60 Å². The van der Waals surface area contributed by atoms with Crippen LogP contribution in [0.2, 0.25) is 0 Å². The van der Waals surface area contributed by atoms with Gasteiger partial charge in [0.2, 0.25) is 5.91 Å². The van der Waals surface area contributed by atoms with Crippen LogP contribution in [0.15, 0.2) is 41.6 Å². The number of fused-ring (bicyclic) bond motifs is 1. The number of pyridine rings is 2. The molecule has 1 N–H and O–H groups in total. The molecule has 9 nitrogen and oxygen atoms in total. The molecule has 9 heteroatoms. The highest BCUT2D eigenvalue weighted by Crippen LogP contribution is 2.31. The Kier molecular flexibility index (Phi) is 6.92. The topological polar surface area (TPSA) is 104 Å². The molecule has 0 radical (unpaired) electrons. The molecular weight excluding hydrogens is 432 g/mol. The van der Waals surface area contributed by atoms with Gasteiger partial charge in [0.25, 0.3) is 0 Å². The Labute approximate surface area is 199 Å². The maximum absolute atomic E-state index is 12.8. The molecule has 0 saturated carbocycles. The number of carbonyl (C=O) groups is 1. The Hall–Kier alpha value is -3.33. The monoisotopic (exact) mass is 464 g/mol. The van der Waals surface area contributed by atoms with Crippen LogP contribution in [0.5, 0.6) is 0 Å². The van der Waals surface area contributed by atoms with Crippen molar-refractivity contribution in [1.82, 2.24) is 24.4 Å². The summed E-state index contributed by atoms with van der Waals surface area (Å²) in [6.45, 7) is 5.63. The number of rotatable bonds is 7. The minimum Gasteiger partial charge on any atom is -0.386 e. The van der Waals surface area contributed by atoms with Crippen molar-refractivity contribution in [2.45, 2.75) is 51.7 Å². The van der Waals surface area contributed by atoms with Crippen molar-refractivity contribution < 1.29 is 9.90 Å². The van der Waals surface area contributed by atoms with Gasteiger partial charge in [0, 0.05) is 74.2 Å². The fourth-order valence-electron chi connectivity index (χ4n) is 4.85. The highest BCUT2D eigenvalue weighted by atomic mass is 16.3. The first-order chi connectivity index (χ1) is 16.3. The number of β-amino-alcohol motifs (C(OH)–C–C–N with tert-alkyl or cyclic N) is 1. The van der Waals surface area contributed by atoms with Crippen molar-refractivity contribution in [3.8, 4) is 0 Å². The molecule has 4 rings (SSSR count). The van der Waals surface area contributed by atoms with Gasteiger partial charge in [-0.2, -0.15) is 4.98 Å². The number of nitrogens with zero attached hydrogens (tertiary/aromatic N) is 6. The molecule has 34 heavy (non-hydrogen) atoms. The normalized spacial score (nSPS) is 18.3. The van der Waals surface area contributed by atoms with Crippen molar-refractivity contribution in [3.05, 3.63) is 58.7 Å². The molecule has 0 spiro atoms. The molecule has 180 valence electrons. The lowest BCUT2D eigenvalue weighted by molar-refractivity contribution is -0.133. The van der Waals surface area contributed by atoms with Crippen LogP contribution < -0.4 is 10.6 Å². The maximum Gasteiger partial charge on any atom is 0.347 e. The lowest BCUT2D eigenvalue weighted by atomic mass is 9.91. The van der Waals surface area contributed by atoms with Crippen LogP contribution in [-0.4, -0.2) is 67.7 Å². The number of likely N-dealkylation sites (N-methyl/N-ethyl adjacent to an activating group) is 1. The Morgan fingerprint density at radius 3 is 2.88 bits per heavy atom. The zero-order chi connectivity index (χ0) is 24.3. The molecule has 1 unspecified atom stereocenters. The van der Waals surface area contributed by atoms with Gasteiger partial charge in [0.1, 0.15) is 0 Å². The smallest absolute Gasteiger partial charge is 0.347 e. The van der Waals surface area contributed by atoms with E-state index in [4.69, 9.17) is 0 Å². The van der Waals surface area contributed by atoms with Crippen LogP contribution in [-0.2, 0) is 11.3 Å². The van der Waals surface area contributed by atoms with Crippen molar-refractivity contribution in [3.63, 3.8) is 0 Å².